The summed E-state index contributed by atoms with van der Waals surface area (Å²) in [6.45, 7) is 2.55. The zero-order chi connectivity index (χ0) is 13.8. The van der Waals surface area contributed by atoms with Gasteiger partial charge in [0.15, 0.2) is 0 Å². The predicted molar refractivity (Wildman–Crippen MR) is 73.4 cm³/mol. The molecule has 2 rings (SSSR count). The molecule has 1 unspecified atom stereocenters. The molecular weight excluding hydrogens is 246 g/mol. The van der Waals surface area contributed by atoms with Crippen LogP contribution in [-0.2, 0) is 4.74 Å². The molecular formula is C13H15N3O3. The Kier molecular flexibility index (Phi) is 3.91. The second-order valence-corrected chi connectivity index (χ2v) is 4.22. The van der Waals surface area contributed by atoms with Crippen LogP contribution in [0.25, 0.3) is 10.9 Å². The minimum Gasteiger partial charge on any atom is -0.381 e. The van der Waals surface area contributed by atoms with Gasteiger partial charge in [-0.15, -0.1) is 0 Å². The third-order valence-corrected chi connectivity index (χ3v) is 2.93. The second-order valence-electron chi connectivity index (χ2n) is 4.22. The fraction of sp³-hybridized carbons (Fsp3) is 0.308. The molecule has 0 saturated heterocycles. The van der Waals surface area contributed by atoms with Gasteiger partial charge in [-0.25, -0.2) is 0 Å². The smallest absolute Gasteiger partial charge is 0.278 e. The number of non-ortho nitro benzene ring substituents is 1. The number of hydrogen-bond acceptors (Lipinski definition) is 5. The maximum absolute atomic E-state index is 11.0. The summed E-state index contributed by atoms with van der Waals surface area (Å²) >= 11 is 0. The van der Waals surface area contributed by atoms with E-state index in [0.29, 0.717) is 17.4 Å². The summed E-state index contributed by atoms with van der Waals surface area (Å²) in [5.74, 6) is 0. The first-order chi connectivity index (χ1) is 9.13. The Labute approximate surface area is 110 Å². The van der Waals surface area contributed by atoms with Crippen LogP contribution in [0.3, 0.4) is 0 Å². The molecule has 1 heterocycles. The van der Waals surface area contributed by atoms with E-state index in [-0.39, 0.29) is 11.8 Å². The number of ether oxygens (including phenoxy) is 1. The minimum atomic E-state index is -0.397. The number of anilines is 1. The number of fused-ring (bicyclic) bond motifs is 1. The highest BCUT2D eigenvalue weighted by Gasteiger charge is 2.14. The molecule has 0 aliphatic carbocycles. The van der Waals surface area contributed by atoms with Crippen LogP contribution in [0.5, 0.6) is 0 Å². The fourth-order valence-electron chi connectivity index (χ4n) is 1.80. The van der Waals surface area contributed by atoms with Crippen molar-refractivity contribution in [2.75, 3.05) is 19.0 Å². The van der Waals surface area contributed by atoms with E-state index < -0.39 is 4.92 Å². The van der Waals surface area contributed by atoms with Crippen molar-refractivity contribution >= 4 is 22.3 Å². The average molecular weight is 261 g/mol. The third kappa shape index (κ3) is 2.79. The van der Waals surface area contributed by atoms with Crippen molar-refractivity contribution in [3.8, 4) is 0 Å². The summed E-state index contributed by atoms with van der Waals surface area (Å²) in [6.07, 6.45) is 1.67. The highest BCUT2D eigenvalue weighted by atomic mass is 16.6. The molecule has 0 aliphatic heterocycles. The Hall–Kier alpha value is -2.21. The molecule has 0 saturated carbocycles. The Morgan fingerprint density at radius 1 is 1.47 bits per heavy atom. The quantitative estimate of drug-likeness (QED) is 0.661. The number of rotatable bonds is 5. The summed E-state index contributed by atoms with van der Waals surface area (Å²) in [7, 11) is 1.64. The van der Waals surface area contributed by atoms with Crippen LogP contribution in [0.2, 0.25) is 0 Å². The van der Waals surface area contributed by atoms with Crippen molar-refractivity contribution in [2.24, 2.45) is 0 Å². The van der Waals surface area contributed by atoms with E-state index in [1.165, 1.54) is 6.07 Å². The molecule has 0 amide bonds. The van der Waals surface area contributed by atoms with Crippen molar-refractivity contribution in [1.29, 1.82) is 0 Å². The summed E-state index contributed by atoms with van der Waals surface area (Å²) < 4.78 is 5.15. The molecule has 100 valence electrons. The first-order valence-corrected chi connectivity index (χ1v) is 5.92. The van der Waals surface area contributed by atoms with Crippen molar-refractivity contribution in [3.05, 3.63) is 40.6 Å². The van der Waals surface area contributed by atoms with Gasteiger partial charge in [-0.05, 0) is 25.1 Å². The zero-order valence-electron chi connectivity index (χ0n) is 10.8. The van der Waals surface area contributed by atoms with Crippen LogP contribution in [0.15, 0.2) is 30.5 Å². The average Bonchev–Trinajstić information content (AvgIpc) is 2.43. The van der Waals surface area contributed by atoms with Crippen LogP contribution < -0.4 is 5.32 Å². The number of nitro benzene ring substituents is 1. The Morgan fingerprint density at radius 3 is 2.95 bits per heavy atom. The molecule has 19 heavy (non-hydrogen) atoms. The molecule has 0 aliphatic rings. The molecule has 1 aromatic carbocycles. The van der Waals surface area contributed by atoms with Gasteiger partial charge in [-0.1, -0.05) is 0 Å². The number of nitrogens with one attached hydrogen (secondary N) is 1. The van der Waals surface area contributed by atoms with E-state index >= 15 is 0 Å². The molecule has 2 aromatic rings. The lowest BCUT2D eigenvalue weighted by atomic mass is 10.1. The summed E-state index contributed by atoms with van der Waals surface area (Å²) in [5.41, 5.74) is 1.43. The van der Waals surface area contributed by atoms with Crippen LogP contribution in [-0.4, -0.2) is 29.7 Å². The van der Waals surface area contributed by atoms with Gasteiger partial charge >= 0.3 is 0 Å². The number of aromatic nitrogens is 1. The second kappa shape index (κ2) is 5.62. The van der Waals surface area contributed by atoms with Crippen molar-refractivity contribution < 1.29 is 9.66 Å². The van der Waals surface area contributed by atoms with E-state index in [1.807, 2.05) is 6.92 Å². The molecule has 1 aromatic heterocycles. The van der Waals surface area contributed by atoms with E-state index in [9.17, 15) is 10.1 Å². The SMILES string of the molecule is COC(C)CNc1ccc([N+](=O)[O-])c2cccnc12. The van der Waals surface area contributed by atoms with Gasteiger partial charge in [-0.3, -0.25) is 15.1 Å². The molecule has 6 heteroatoms. The van der Waals surface area contributed by atoms with Crippen molar-refractivity contribution in [1.82, 2.24) is 4.98 Å². The first-order valence-electron chi connectivity index (χ1n) is 5.92. The lowest BCUT2D eigenvalue weighted by Crippen LogP contribution is -2.18. The highest BCUT2D eigenvalue weighted by Crippen LogP contribution is 2.29. The number of nitrogens with zero attached hydrogens (tertiary/aromatic N) is 2. The van der Waals surface area contributed by atoms with Crippen molar-refractivity contribution in [3.63, 3.8) is 0 Å². The highest BCUT2D eigenvalue weighted by molar-refractivity contribution is 5.96. The summed E-state index contributed by atoms with van der Waals surface area (Å²) in [6, 6.07) is 6.56. The largest absolute Gasteiger partial charge is 0.381 e. The molecule has 1 atom stereocenters. The Balaban J connectivity index is 2.41. The van der Waals surface area contributed by atoms with Crippen molar-refractivity contribution in [2.45, 2.75) is 13.0 Å². The van der Waals surface area contributed by atoms with Gasteiger partial charge in [0.05, 0.1) is 22.1 Å². The normalized spacial score (nSPS) is 12.3. The van der Waals surface area contributed by atoms with Gasteiger partial charge < -0.3 is 10.1 Å². The monoisotopic (exact) mass is 261 g/mol. The zero-order valence-corrected chi connectivity index (χ0v) is 10.8. The Morgan fingerprint density at radius 2 is 2.26 bits per heavy atom. The number of methoxy groups -OCH3 is 1. The maximum Gasteiger partial charge on any atom is 0.278 e. The predicted octanol–water partition coefficient (Wildman–Crippen LogP) is 2.59. The van der Waals surface area contributed by atoms with Gasteiger partial charge in [0.2, 0.25) is 0 Å². The maximum atomic E-state index is 11.0. The van der Waals surface area contributed by atoms with Crippen LogP contribution in [0.4, 0.5) is 11.4 Å². The minimum absolute atomic E-state index is 0.0500. The van der Waals surface area contributed by atoms with E-state index in [0.717, 1.165) is 5.69 Å². The molecule has 0 spiro atoms. The molecule has 0 fully saturated rings. The Bertz CT molecular complexity index is 601. The fourth-order valence-corrected chi connectivity index (χ4v) is 1.80. The first kappa shape index (κ1) is 13.2. The number of hydrogen-bond donors (Lipinski definition) is 1. The lowest BCUT2D eigenvalue weighted by molar-refractivity contribution is -0.383. The number of benzene rings is 1. The van der Waals surface area contributed by atoms with Crippen LogP contribution in [0, 0.1) is 10.1 Å². The molecule has 1 N–H and O–H groups in total. The van der Waals surface area contributed by atoms with E-state index in [1.54, 1.807) is 31.5 Å². The van der Waals surface area contributed by atoms with Gasteiger partial charge in [0.25, 0.3) is 5.69 Å². The number of nitro groups is 1. The molecule has 0 bridgehead atoms. The van der Waals surface area contributed by atoms with Gasteiger partial charge in [-0.2, -0.15) is 0 Å². The molecule has 0 radical (unpaired) electrons. The lowest BCUT2D eigenvalue weighted by Gasteiger charge is -2.13. The summed E-state index contributed by atoms with van der Waals surface area (Å²) in [5, 5.41) is 14.7. The standard InChI is InChI=1S/C13H15N3O3/c1-9(19-2)8-15-11-5-6-12(16(17)18)10-4-3-7-14-13(10)11/h3-7,9,15H,8H2,1-2H3. The van der Waals surface area contributed by atoms with Crippen LogP contribution >= 0.6 is 0 Å². The van der Waals surface area contributed by atoms with Gasteiger partial charge in [0, 0.05) is 25.9 Å². The summed E-state index contributed by atoms with van der Waals surface area (Å²) in [4.78, 5) is 14.8. The van der Waals surface area contributed by atoms with Crippen LogP contribution in [0.1, 0.15) is 6.92 Å². The molecule has 6 nitrogen and oxygen atoms in total. The third-order valence-electron chi connectivity index (χ3n) is 2.93. The van der Waals surface area contributed by atoms with Gasteiger partial charge in [0.1, 0.15) is 5.52 Å². The van der Waals surface area contributed by atoms with E-state index in [2.05, 4.69) is 10.3 Å². The van der Waals surface area contributed by atoms with E-state index in [4.69, 9.17) is 4.74 Å². The number of pyridine rings is 1. The topological polar surface area (TPSA) is 77.3 Å².